The first-order valence-corrected chi connectivity index (χ1v) is 8.48. The Kier molecular flexibility index (Phi) is 5.37. The molecule has 0 aliphatic carbocycles. The van der Waals surface area contributed by atoms with Crippen LogP contribution >= 0.6 is 0 Å². The second kappa shape index (κ2) is 7.87. The van der Waals surface area contributed by atoms with E-state index < -0.39 is 0 Å². The van der Waals surface area contributed by atoms with E-state index in [2.05, 4.69) is 29.4 Å². The van der Waals surface area contributed by atoms with Gasteiger partial charge in [0.1, 0.15) is 11.5 Å². The number of rotatable bonds is 6. The van der Waals surface area contributed by atoms with Gasteiger partial charge >= 0.3 is 0 Å². The molecule has 134 valence electrons. The molecule has 1 amide bonds. The summed E-state index contributed by atoms with van der Waals surface area (Å²) in [4.78, 5) is 16.6. The van der Waals surface area contributed by atoms with Gasteiger partial charge in [0.2, 0.25) is 0 Å². The summed E-state index contributed by atoms with van der Waals surface area (Å²) in [5, 5.41) is 2.85. The van der Waals surface area contributed by atoms with Gasteiger partial charge in [0, 0.05) is 6.42 Å². The van der Waals surface area contributed by atoms with E-state index in [1.54, 1.807) is 26.4 Å². The molecule has 0 atom stereocenters. The SMILES string of the molecule is COc1ccc(/C=C2/N=C(CCc3ccccc3C)NC2=O)cc1OC. The number of benzene rings is 2. The molecule has 0 spiro atoms. The summed E-state index contributed by atoms with van der Waals surface area (Å²) >= 11 is 0. The predicted molar refractivity (Wildman–Crippen MR) is 103 cm³/mol. The number of carbonyl (C=O) groups is 1. The lowest BCUT2D eigenvalue weighted by atomic mass is 10.0. The van der Waals surface area contributed by atoms with Crippen molar-refractivity contribution in [2.75, 3.05) is 14.2 Å². The normalized spacial score (nSPS) is 15.0. The predicted octanol–water partition coefficient (Wildman–Crippen LogP) is 3.51. The van der Waals surface area contributed by atoms with E-state index >= 15 is 0 Å². The summed E-state index contributed by atoms with van der Waals surface area (Å²) < 4.78 is 10.5. The van der Waals surface area contributed by atoms with Gasteiger partial charge in [0.15, 0.2) is 11.5 Å². The molecule has 1 heterocycles. The molecule has 5 heteroatoms. The quantitative estimate of drug-likeness (QED) is 0.811. The molecule has 0 bridgehead atoms. The fourth-order valence-corrected chi connectivity index (χ4v) is 2.88. The first kappa shape index (κ1) is 17.7. The standard InChI is InChI=1S/C21H22N2O3/c1-14-6-4-5-7-16(14)9-11-20-22-17(21(24)23-20)12-15-8-10-18(25-2)19(13-15)26-3/h4-8,10,12-13H,9,11H2,1-3H3,(H,22,23,24)/b17-12+. The molecule has 1 N–H and O–H groups in total. The van der Waals surface area contributed by atoms with Crippen LogP contribution in [0.15, 0.2) is 53.2 Å². The van der Waals surface area contributed by atoms with Crippen LogP contribution in [-0.4, -0.2) is 26.0 Å². The zero-order valence-corrected chi connectivity index (χ0v) is 15.2. The number of ether oxygens (including phenoxy) is 2. The number of nitrogens with one attached hydrogen (secondary N) is 1. The number of carbonyl (C=O) groups excluding carboxylic acids is 1. The number of hydrogen-bond donors (Lipinski definition) is 1. The molecule has 26 heavy (non-hydrogen) atoms. The summed E-state index contributed by atoms with van der Waals surface area (Å²) in [5.74, 6) is 1.78. The Bertz CT molecular complexity index is 885. The maximum Gasteiger partial charge on any atom is 0.275 e. The van der Waals surface area contributed by atoms with Crippen molar-refractivity contribution in [3.8, 4) is 11.5 Å². The van der Waals surface area contributed by atoms with Gasteiger partial charge in [-0.05, 0) is 48.2 Å². The molecule has 0 fully saturated rings. The van der Waals surface area contributed by atoms with E-state index in [1.807, 2.05) is 24.3 Å². The summed E-state index contributed by atoms with van der Waals surface area (Å²) in [6, 6.07) is 13.7. The Hall–Kier alpha value is -3.08. The second-order valence-electron chi connectivity index (χ2n) is 6.08. The molecule has 2 aromatic rings. The topological polar surface area (TPSA) is 59.9 Å². The van der Waals surface area contributed by atoms with Gasteiger partial charge in [0.25, 0.3) is 5.91 Å². The minimum atomic E-state index is -0.181. The molecule has 0 aromatic heterocycles. The third-order valence-electron chi connectivity index (χ3n) is 4.35. The average Bonchev–Trinajstić information content (AvgIpc) is 3.00. The van der Waals surface area contributed by atoms with Crippen LogP contribution in [0.1, 0.15) is 23.1 Å². The number of hydrogen-bond acceptors (Lipinski definition) is 4. The number of nitrogens with zero attached hydrogens (tertiary/aromatic N) is 1. The summed E-state index contributed by atoms with van der Waals surface area (Å²) in [7, 11) is 3.17. The van der Waals surface area contributed by atoms with Crippen molar-refractivity contribution in [3.63, 3.8) is 0 Å². The Labute approximate surface area is 153 Å². The van der Waals surface area contributed by atoms with Gasteiger partial charge in [-0.3, -0.25) is 4.79 Å². The zero-order valence-electron chi connectivity index (χ0n) is 15.2. The largest absolute Gasteiger partial charge is 0.493 e. The lowest BCUT2D eigenvalue weighted by molar-refractivity contribution is -0.115. The number of amidine groups is 1. The van der Waals surface area contributed by atoms with Crippen molar-refractivity contribution in [1.82, 2.24) is 5.32 Å². The first-order chi connectivity index (χ1) is 12.6. The van der Waals surface area contributed by atoms with Crippen molar-refractivity contribution >= 4 is 17.8 Å². The highest BCUT2D eigenvalue weighted by Gasteiger charge is 2.20. The molecule has 5 nitrogen and oxygen atoms in total. The molecule has 1 aliphatic heterocycles. The van der Waals surface area contributed by atoms with Crippen LogP contribution in [0.25, 0.3) is 6.08 Å². The lowest BCUT2D eigenvalue weighted by Crippen LogP contribution is -2.24. The van der Waals surface area contributed by atoms with E-state index in [-0.39, 0.29) is 5.91 Å². The maximum absolute atomic E-state index is 12.2. The van der Waals surface area contributed by atoms with Gasteiger partial charge in [-0.25, -0.2) is 4.99 Å². The van der Waals surface area contributed by atoms with Crippen molar-refractivity contribution in [1.29, 1.82) is 0 Å². The third-order valence-corrected chi connectivity index (χ3v) is 4.35. The van der Waals surface area contributed by atoms with Crippen LogP contribution in [0, 0.1) is 6.92 Å². The van der Waals surface area contributed by atoms with E-state index in [9.17, 15) is 4.79 Å². The van der Waals surface area contributed by atoms with Crippen LogP contribution in [0.5, 0.6) is 11.5 Å². The van der Waals surface area contributed by atoms with E-state index in [4.69, 9.17) is 9.47 Å². The Morgan fingerprint density at radius 1 is 1.04 bits per heavy atom. The number of aliphatic imine (C=N–C) groups is 1. The summed E-state index contributed by atoms with van der Waals surface area (Å²) in [6.45, 7) is 2.09. The van der Waals surface area contributed by atoms with Crippen LogP contribution in [-0.2, 0) is 11.2 Å². The van der Waals surface area contributed by atoms with E-state index in [1.165, 1.54) is 11.1 Å². The molecule has 0 saturated heterocycles. The number of amides is 1. The molecular formula is C21H22N2O3. The van der Waals surface area contributed by atoms with E-state index in [0.717, 1.165) is 12.0 Å². The number of methoxy groups -OCH3 is 2. The molecular weight excluding hydrogens is 328 g/mol. The number of aryl methyl sites for hydroxylation is 2. The lowest BCUT2D eigenvalue weighted by Gasteiger charge is -2.07. The zero-order chi connectivity index (χ0) is 18.5. The summed E-state index contributed by atoms with van der Waals surface area (Å²) in [5.41, 5.74) is 3.74. The Morgan fingerprint density at radius 3 is 2.54 bits per heavy atom. The van der Waals surface area contributed by atoms with Gasteiger partial charge in [-0.1, -0.05) is 30.3 Å². The van der Waals surface area contributed by atoms with Crippen molar-refractivity contribution in [2.45, 2.75) is 19.8 Å². The Balaban J connectivity index is 1.75. The minimum absolute atomic E-state index is 0.181. The smallest absolute Gasteiger partial charge is 0.275 e. The molecule has 0 saturated carbocycles. The molecule has 0 unspecified atom stereocenters. The fourth-order valence-electron chi connectivity index (χ4n) is 2.88. The molecule has 1 aliphatic rings. The van der Waals surface area contributed by atoms with Gasteiger partial charge < -0.3 is 14.8 Å². The molecule has 0 radical (unpaired) electrons. The first-order valence-electron chi connectivity index (χ1n) is 8.48. The van der Waals surface area contributed by atoms with Crippen molar-refractivity contribution in [2.24, 2.45) is 4.99 Å². The molecule has 3 rings (SSSR count). The van der Waals surface area contributed by atoms with Crippen molar-refractivity contribution < 1.29 is 14.3 Å². The highest BCUT2D eigenvalue weighted by Crippen LogP contribution is 2.28. The van der Waals surface area contributed by atoms with Crippen LogP contribution in [0.4, 0.5) is 0 Å². The van der Waals surface area contributed by atoms with Gasteiger partial charge in [-0.2, -0.15) is 0 Å². The van der Waals surface area contributed by atoms with Gasteiger partial charge in [0.05, 0.1) is 14.2 Å². The van der Waals surface area contributed by atoms with Crippen LogP contribution in [0.3, 0.4) is 0 Å². The Morgan fingerprint density at radius 2 is 1.81 bits per heavy atom. The second-order valence-corrected chi connectivity index (χ2v) is 6.08. The summed E-state index contributed by atoms with van der Waals surface area (Å²) in [6.07, 6.45) is 3.29. The molecule has 2 aromatic carbocycles. The van der Waals surface area contributed by atoms with Crippen LogP contribution < -0.4 is 14.8 Å². The minimum Gasteiger partial charge on any atom is -0.493 e. The van der Waals surface area contributed by atoms with Gasteiger partial charge in [-0.15, -0.1) is 0 Å². The fraction of sp³-hybridized carbons (Fsp3) is 0.238. The van der Waals surface area contributed by atoms with Crippen molar-refractivity contribution in [3.05, 3.63) is 64.9 Å². The van der Waals surface area contributed by atoms with E-state index in [0.29, 0.717) is 29.5 Å². The highest BCUT2D eigenvalue weighted by atomic mass is 16.5. The maximum atomic E-state index is 12.2. The monoisotopic (exact) mass is 350 g/mol. The van der Waals surface area contributed by atoms with Crippen LogP contribution in [0.2, 0.25) is 0 Å². The third kappa shape index (κ3) is 3.94. The average molecular weight is 350 g/mol. The highest BCUT2D eigenvalue weighted by molar-refractivity contribution is 6.14.